The molecule has 1 aromatic heterocycles. The molecule has 0 saturated heterocycles. The van der Waals surface area contributed by atoms with Crippen molar-refractivity contribution in [1.29, 1.82) is 0 Å². The van der Waals surface area contributed by atoms with Gasteiger partial charge in [-0.2, -0.15) is 0 Å². The van der Waals surface area contributed by atoms with Crippen LogP contribution in [0.4, 0.5) is 0 Å². The van der Waals surface area contributed by atoms with Crippen molar-refractivity contribution >= 4 is 5.97 Å². The second-order valence-corrected chi connectivity index (χ2v) is 4.98. The molecule has 1 aliphatic rings. The van der Waals surface area contributed by atoms with Crippen molar-refractivity contribution in [3.8, 4) is 5.88 Å². The molecule has 104 valence electrons. The third-order valence-electron chi connectivity index (χ3n) is 3.68. The number of hydrogen-bond acceptors (Lipinski definition) is 4. The Hall–Kier alpha value is -1.62. The SMILES string of the molecule is COc1ccc(CNC2CCC(C(=O)O)CC2)cn1. The molecule has 1 saturated carbocycles. The van der Waals surface area contributed by atoms with Gasteiger partial charge in [0.25, 0.3) is 0 Å². The zero-order valence-electron chi connectivity index (χ0n) is 11.1. The van der Waals surface area contributed by atoms with E-state index in [4.69, 9.17) is 9.84 Å². The first-order chi connectivity index (χ1) is 9.19. The van der Waals surface area contributed by atoms with E-state index in [1.165, 1.54) is 0 Å². The number of rotatable bonds is 5. The van der Waals surface area contributed by atoms with Gasteiger partial charge in [0.15, 0.2) is 0 Å². The number of carbonyl (C=O) groups is 1. The molecular formula is C14H20N2O3. The molecule has 2 rings (SSSR count). The van der Waals surface area contributed by atoms with Crippen molar-refractivity contribution in [2.24, 2.45) is 5.92 Å². The van der Waals surface area contributed by atoms with Gasteiger partial charge in [0, 0.05) is 24.8 Å². The standard InChI is InChI=1S/C14H20N2O3/c1-19-13-7-2-10(9-16-13)8-15-12-5-3-11(4-6-12)14(17)18/h2,7,9,11-12,15H,3-6,8H2,1H3,(H,17,18). The number of pyridine rings is 1. The number of methoxy groups -OCH3 is 1. The highest BCUT2D eigenvalue weighted by Gasteiger charge is 2.25. The summed E-state index contributed by atoms with van der Waals surface area (Å²) in [4.78, 5) is 15.0. The lowest BCUT2D eigenvalue weighted by molar-refractivity contribution is -0.142. The van der Waals surface area contributed by atoms with Crippen molar-refractivity contribution in [2.45, 2.75) is 38.3 Å². The smallest absolute Gasteiger partial charge is 0.306 e. The van der Waals surface area contributed by atoms with E-state index in [-0.39, 0.29) is 5.92 Å². The summed E-state index contributed by atoms with van der Waals surface area (Å²) in [5.74, 6) is -0.191. The molecule has 1 fully saturated rings. The molecule has 0 aromatic carbocycles. The third-order valence-corrected chi connectivity index (χ3v) is 3.68. The van der Waals surface area contributed by atoms with Crippen LogP contribution in [0, 0.1) is 5.92 Å². The Kier molecular flexibility index (Phi) is 4.74. The monoisotopic (exact) mass is 264 g/mol. The molecule has 1 aliphatic carbocycles. The Morgan fingerprint density at radius 1 is 1.42 bits per heavy atom. The summed E-state index contributed by atoms with van der Waals surface area (Å²) in [6.07, 6.45) is 5.21. The van der Waals surface area contributed by atoms with E-state index in [1.807, 2.05) is 12.1 Å². The predicted molar refractivity (Wildman–Crippen MR) is 71.0 cm³/mol. The fraction of sp³-hybridized carbons (Fsp3) is 0.571. The van der Waals surface area contributed by atoms with Gasteiger partial charge in [-0.3, -0.25) is 4.79 Å². The number of aliphatic carboxylic acids is 1. The number of ether oxygens (including phenoxy) is 1. The maximum atomic E-state index is 10.9. The molecule has 0 spiro atoms. The summed E-state index contributed by atoms with van der Waals surface area (Å²) in [5.41, 5.74) is 1.11. The van der Waals surface area contributed by atoms with Crippen LogP contribution >= 0.6 is 0 Å². The van der Waals surface area contributed by atoms with Gasteiger partial charge >= 0.3 is 5.97 Å². The van der Waals surface area contributed by atoms with Gasteiger partial charge in [0.1, 0.15) is 0 Å². The number of nitrogens with one attached hydrogen (secondary N) is 1. The first-order valence-electron chi connectivity index (χ1n) is 6.64. The highest BCUT2D eigenvalue weighted by Crippen LogP contribution is 2.24. The Morgan fingerprint density at radius 3 is 2.68 bits per heavy atom. The van der Waals surface area contributed by atoms with Crippen molar-refractivity contribution < 1.29 is 14.6 Å². The lowest BCUT2D eigenvalue weighted by atomic mass is 9.86. The third kappa shape index (κ3) is 3.92. The minimum Gasteiger partial charge on any atom is -0.481 e. The molecule has 19 heavy (non-hydrogen) atoms. The topological polar surface area (TPSA) is 71.5 Å². The Labute approximate surface area is 113 Å². The first kappa shape index (κ1) is 13.8. The first-order valence-corrected chi connectivity index (χ1v) is 6.64. The minimum atomic E-state index is -0.655. The van der Waals surface area contributed by atoms with Crippen LogP contribution in [0.5, 0.6) is 5.88 Å². The molecule has 5 nitrogen and oxygen atoms in total. The molecule has 5 heteroatoms. The van der Waals surface area contributed by atoms with Crippen LogP contribution in [0.1, 0.15) is 31.2 Å². The van der Waals surface area contributed by atoms with E-state index in [2.05, 4.69) is 10.3 Å². The van der Waals surface area contributed by atoms with Crippen LogP contribution in [0.25, 0.3) is 0 Å². The summed E-state index contributed by atoms with van der Waals surface area (Å²) >= 11 is 0. The Balaban J connectivity index is 1.75. The quantitative estimate of drug-likeness (QED) is 0.849. The van der Waals surface area contributed by atoms with Crippen LogP contribution in [-0.4, -0.2) is 29.2 Å². The summed E-state index contributed by atoms with van der Waals surface area (Å²) in [6, 6.07) is 4.25. The van der Waals surface area contributed by atoms with Crippen LogP contribution in [0.3, 0.4) is 0 Å². The van der Waals surface area contributed by atoms with E-state index in [0.717, 1.165) is 37.8 Å². The molecule has 1 heterocycles. The second kappa shape index (κ2) is 6.52. The zero-order chi connectivity index (χ0) is 13.7. The lowest BCUT2D eigenvalue weighted by Gasteiger charge is -2.26. The molecule has 0 bridgehead atoms. The highest BCUT2D eigenvalue weighted by molar-refractivity contribution is 5.70. The number of carboxylic acid groups (broad SMARTS) is 1. The van der Waals surface area contributed by atoms with Crippen LogP contribution in [0.15, 0.2) is 18.3 Å². The van der Waals surface area contributed by atoms with Crippen LogP contribution in [0.2, 0.25) is 0 Å². The van der Waals surface area contributed by atoms with Crippen LogP contribution in [-0.2, 0) is 11.3 Å². The van der Waals surface area contributed by atoms with E-state index in [9.17, 15) is 4.79 Å². The molecule has 2 N–H and O–H groups in total. The summed E-state index contributed by atoms with van der Waals surface area (Å²) < 4.78 is 5.01. The summed E-state index contributed by atoms with van der Waals surface area (Å²) in [7, 11) is 1.60. The van der Waals surface area contributed by atoms with E-state index < -0.39 is 5.97 Å². The van der Waals surface area contributed by atoms with E-state index in [1.54, 1.807) is 13.3 Å². The van der Waals surface area contributed by atoms with Crippen molar-refractivity contribution in [1.82, 2.24) is 10.3 Å². The average Bonchev–Trinajstić information content (AvgIpc) is 2.46. The van der Waals surface area contributed by atoms with Gasteiger partial charge in [0.05, 0.1) is 13.0 Å². The van der Waals surface area contributed by atoms with Gasteiger partial charge in [-0.1, -0.05) is 6.07 Å². The van der Waals surface area contributed by atoms with Crippen molar-refractivity contribution in [3.05, 3.63) is 23.9 Å². The molecule has 0 amide bonds. The molecule has 0 atom stereocenters. The molecule has 1 aromatic rings. The number of carboxylic acids is 1. The Morgan fingerprint density at radius 2 is 2.16 bits per heavy atom. The Bertz CT molecular complexity index is 411. The molecule has 0 radical (unpaired) electrons. The predicted octanol–water partition coefficient (Wildman–Crippen LogP) is 1.82. The van der Waals surface area contributed by atoms with E-state index >= 15 is 0 Å². The minimum absolute atomic E-state index is 0.152. The van der Waals surface area contributed by atoms with Crippen LogP contribution < -0.4 is 10.1 Å². The number of aromatic nitrogens is 1. The van der Waals surface area contributed by atoms with Crippen molar-refractivity contribution in [2.75, 3.05) is 7.11 Å². The van der Waals surface area contributed by atoms with Crippen molar-refractivity contribution in [3.63, 3.8) is 0 Å². The lowest BCUT2D eigenvalue weighted by Crippen LogP contribution is -2.34. The largest absolute Gasteiger partial charge is 0.481 e. The fourth-order valence-corrected chi connectivity index (χ4v) is 2.44. The normalized spacial score (nSPS) is 23.0. The van der Waals surface area contributed by atoms with Gasteiger partial charge in [-0.15, -0.1) is 0 Å². The maximum Gasteiger partial charge on any atom is 0.306 e. The fourth-order valence-electron chi connectivity index (χ4n) is 2.44. The maximum absolute atomic E-state index is 10.9. The van der Waals surface area contributed by atoms with Gasteiger partial charge in [-0.05, 0) is 31.2 Å². The van der Waals surface area contributed by atoms with E-state index in [0.29, 0.717) is 11.9 Å². The second-order valence-electron chi connectivity index (χ2n) is 4.98. The zero-order valence-corrected chi connectivity index (χ0v) is 11.1. The number of hydrogen-bond donors (Lipinski definition) is 2. The highest BCUT2D eigenvalue weighted by atomic mass is 16.5. The summed E-state index contributed by atoms with van der Waals surface area (Å²) in [5, 5.41) is 12.4. The van der Waals surface area contributed by atoms with Gasteiger partial charge in [0.2, 0.25) is 5.88 Å². The molecule has 0 unspecified atom stereocenters. The number of nitrogens with zero attached hydrogens (tertiary/aromatic N) is 1. The molecular weight excluding hydrogens is 244 g/mol. The average molecular weight is 264 g/mol. The van der Waals surface area contributed by atoms with Gasteiger partial charge < -0.3 is 15.2 Å². The summed E-state index contributed by atoms with van der Waals surface area (Å²) in [6.45, 7) is 0.763. The molecule has 0 aliphatic heterocycles. The van der Waals surface area contributed by atoms with Gasteiger partial charge in [-0.25, -0.2) is 4.98 Å².